The van der Waals surface area contributed by atoms with Gasteiger partial charge in [0.25, 0.3) is 0 Å². The highest BCUT2D eigenvalue weighted by molar-refractivity contribution is 5.71. The van der Waals surface area contributed by atoms with E-state index < -0.39 is 12.1 Å². The number of hydrogen-bond donors (Lipinski definition) is 1. The van der Waals surface area contributed by atoms with E-state index in [9.17, 15) is 9.59 Å². The molecule has 2 atom stereocenters. The van der Waals surface area contributed by atoms with Gasteiger partial charge in [0, 0.05) is 6.42 Å². The van der Waals surface area contributed by atoms with Crippen LogP contribution < -0.4 is 0 Å². The Hall–Kier alpha value is -1.10. The zero-order valence-corrected chi connectivity index (χ0v) is 19.9. The molecule has 0 aromatic carbocycles. The van der Waals surface area contributed by atoms with Crippen LogP contribution in [-0.4, -0.2) is 55.3 Å². The van der Waals surface area contributed by atoms with Gasteiger partial charge in [-0.05, 0) is 12.3 Å². The van der Waals surface area contributed by atoms with Crippen LogP contribution in [0.15, 0.2) is 0 Å². The number of nitrogens with zero attached hydrogens (tertiary/aromatic N) is 1. The quantitative estimate of drug-likeness (QED) is 0.165. The van der Waals surface area contributed by atoms with Gasteiger partial charge < -0.3 is 14.3 Å². The first-order valence-electron chi connectivity index (χ1n) is 11.9. The molecule has 29 heavy (non-hydrogen) atoms. The third-order valence-electron chi connectivity index (χ3n) is 5.33. The summed E-state index contributed by atoms with van der Waals surface area (Å²) in [5, 5.41) is 9.01. The SMILES string of the molecule is CCCCCC(C)CCCCCCCCCC(=O)OC(CC(=O)O)C[N+](C)(C)C. The molecular formula is C24H48NO4+. The second-order valence-electron chi connectivity index (χ2n) is 9.80. The van der Waals surface area contributed by atoms with Crippen LogP contribution >= 0.6 is 0 Å². The Bertz CT molecular complexity index is 431. The number of carbonyl (C=O) groups excluding carboxylic acids is 1. The summed E-state index contributed by atoms with van der Waals surface area (Å²) in [5.74, 6) is -0.317. The molecule has 5 nitrogen and oxygen atoms in total. The molecule has 1 N–H and O–H groups in total. The summed E-state index contributed by atoms with van der Waals surface area (Å²) < 4.78 is 5.99. The molecule has 0 heterocycles. The Balaban J connectivity index is 3.71. The first-order chi connectivity index (χ1) is 13.6. The zero-order chi connectivity index (χ0) is 22.1. The van der Waals surface area contributed by atoms with Gasteiger partial charge >= 0.3 is 11.9 Å². The summed E-state index contributed by atoms with van der Waals surface area (Å²) in [6.45, 7) is 5.15. The van der Waals surface area contributed by atoms with Crippen molar-refractivity contribution in [2.45, 2.75) is 110 Å². The van der Waals surface area contributed by atoms with Gasteiger partial charge in [0.05, 0.1) is 27.6 Å². The monoisotopic (exact) mass is 414 g/mol. The van der Waals surface area contributed by atoms with Gasteiger partial charge in [-0.2, -0.15) is 0 Å². The lowest BCUT2D eigenvalue weighted by atomic mass is 9.96. The lowest BCUT2D eigenvalue weighted by Gasteiger charge is -2.28. The third kappa shape index (κ3) is 20.0. The lowest BCUT2D eigenvalue weighted by Crippen LogP contribution is -2.43. The number of hydrogen-bond acceptors (Lipinski definition) is 3. The molecule has 0 radical (unpaired) electrons. The van der Waals surface area contributed by atoms with Crippen LogP contribution in [0.3, 0.4) is 0 Å². The number of unbranched alkanes of at least 4 members (excludes halogenated alkanes) is 8. The molecule has 0 aromatic rings. The number of quaternary nitrogens is 1. The molecule has 0 aliphatic heterocycles. The number of carbonyl (C=O) groups is 2. The summed E-state index contributed by atoms with van der Waals surface area (Å²) >= 11 is 0. The van der Waals surface area contributed by atoms with Gasteiger partial charge in [0.2, 0.25) is 0 Å². The Morgan fingerprint density at radius 3 is 1.90 bits per heavy atom. The van der Waals surface area contributed by atoms with Crippen molar-refractivity contribution in [2.75, 3.05) is 27.7 Å². The Kier molecular flexibility index (Phi) is 16.0. The van der Waals surface area contributed by atoms with Gasteiger partial charge in [0.15, 0.2) is 6.10 Å². The largest absolute Gasteiger partial charge is 0.481 e. The first kappa shape index (κ1) is 27.9. The highest BCUT2D eigenvalue weighted by Gasteiger charge is 2.24. The number of likely N-dealkylation sites (N-methyl/N-ethyl adjacent to an activating group) is 1. The normalized spacial score (nSPS) is 13.8. The molecule has 0 saturated carbocycles. The fraction of sp³-hybridized carbons (Fsp3) is 0.917. The molecule has 0 amide bonds. The van der Waals surface area contributed by atoms with Gasteiger partial charge in [-0.25, -0.2) is 0 Å². The predicted octanol–water partition coefficient (Wildman–Crippen LogP) is 5.81. The number of carboxylic acids is 1. The second kappa shape index (κ2) is 16.7. The molecule has 0 fully saturated rings. The van der Waals surface area contributed by atoms with Crippen LogP contribution in [0.4, 0.5) is 0 Å². The number of ether oxygens (including phenoxy) is 1. The summed E-state index contributed by atoms with van der Waals surface area (Å²) in [5.41, 5.74) is 0. The van der Waals surface area contributed by atoms with Crippen LogP contribution in [0, 0.1) is 5.92 Å². The summed E-state index contributed by atoms with van der Waals surface area (Å²) in [6, 6.07) is 0. The Morgan fingerprint density at radius 1 is 0.862 bits per heavy atom. The third-order valence-corrected chi connectivity index (χ3v) is 5.33. The van der Waals surface area contributed by atoms with E-state index in [2.05, 4.69) is 13.8 Å². The molecule has 0 rings (SSSR count). The van der Waals surface area contributed by atoms with E-state index in [1.54, 1.807) is 0 Å². The van der Waals surface area contributed by atoms with E-state index in [0.29, 0.717) is 17.4 Å². The fourth-order valence-corrected chi connectivity index (χ4v) is 3.73. The average Bonchev–Trinajstić information content (AvgIpc) is 2.58. The van der Waals surface area contributed by atoms with Crippen molar-refractivity contribution in [2.24, 2.45) is 5.92 Å². The van der Waals surface area contributed by atoms with E-state index in [1.807, 2.05) is 21.1 Å². The molecule has 2 unspecified atom stereocenters. The van der Waals surface area contributed by atoms with Crippen molar-refractivity contribution in [3.8, 4) is 0 Å². The molecular weight excluding hydrogens is 366 g/mol. The van der Waals surface area contributed by atoms with Crippen molar-refractivity contribution in [1.82, 2.24) is 0 Å². The minimum Gasteiger partial charge on any atom is -0.481 e. The Morgan fingerprint density at radius 2 is 1.38 bits per heavy atom. The first-order valence-corrected chi connectivity index (χ1v) is 11.9. The van der Waals surface area contributed by atoms with Crippen LogP contribution in [-0.2, 0) is 14.3 Å². The maximum atomic E-state index is 12.0. The topological polar surface area (TPSA) is 63.6 Å². The van der Waals surface area contributed by atoms with Crippen LogP contribution in [0.5, 0.6) is 0 Å². The van der Waals surface area contributed by atoms with E-state index >= 15 is 0 Å². The molecule has 172 valence electrons. The van der Waals surface area contributed by atoms with E-state index in [1.165, 1.54) is 57.8 Å². The van der Waals surface area contributed by atoms with Crippen LogP contribution in [0.2, 0.25) is 0 Å². The van der Waals surface area contributed by atoms with E-state index in [0.717, 1.165) is 25.2 Å². The fourth-order valence-electron chi connectivity index (χ4n) is 3.73. The standard InChI is InChI=1S/C24H47NO4/c1-6-7-13-16-21(2)17-14-11-9-8-10-12-15-18-24(28)29-22(19-23(26)27)20-25(3,4)5/h21-22H,6-20H2,1-5H3/p+1. The average molecular weight is 415 g/mol. The van der Waals surface area contributed by atoms with Gasteiger partial charge in [-0.15, -0.1) is 0 Å². The summed E-state index contributed by atoms with van der Waals surface area (Å²) in [6.07, 6.45) is 14.7. The number of aliphatic carboxylic acids is 1. The minimum atomic E-state index is -0.924. The molecule has 0 aliphatic carbocycles. The molecule has 0 aromatic heterocycles. The Labute approximate surface area is 179 Å². The highest BCUT2D eigenvalue weighted by Crippen LogP contribution is 2.18. The van der Waals surface area contributed by atoms with Gasteiger partial charge in [0.1, 0.15) is 6.54 Å². The second-order valence-corrected chi connectivity index (χ2v) is 9.80. The smallest absolute Gasteiger partial charge is 0.307 e. The predicted molar refractivity (Wildman–Crippen MR) is 120 cm³/mol. The molecule has 0 aliphatic rings. The highest BCUT2D eigenvalue weighted by atomic mass is 16.5. The van der Waals surface area contributed by atoms with Gasteiger partial charge in [-0.3, -0.25) is 9.59 Å². The lowest BCUT2D eigenvalue weighted by molar-refractivity contribution is -0.873. The molecule has 0 bridgehead atoms. The van der Waals surface area contributed by atoms with E-state index in [-0.39, 0.29) is 12.4 Å². The van der Waals surface area contributed by atoms with E-state index in [4.69, 9.17) is 9.84 Å². The number of rotatable bonds is 19. The van der Waals surface area contributed by atoms with Crippen LogP contribution in [0.1, 0.15) is 104 Å². The number of carboxylic acid groups (broad SMARTS) is 1. The zero-order valence-electron chi connectivity index (χ0n) is 19.9. The maximum absolute atomic E-state index is 12.0. The van der Waals surface area contributed by atoms with Gasteiger partial charge in [-0.1, -0.05) is 84.5 Å². The summed E-state index contributed by atoms with van der Waals surface area (Å²) in [7, 11) is 5.90. The summed E-state index contributed by atoms with van der Waals surface area (Å²) in [4.78, 5) is 23.0. The molecule has 5 heteroatoms. The minimum absolute atomic E-state index is 0.127. The van der Waals surface area contributed by atoms with Crippen molar-refractivity contribution in [1.29, 1.82) is 0 Å². The van der Waals surface area contributed by atoms with Crippen molar-refractivity contribution >= 4 is 11.9 Å². The molecule has 0 spiro atoms. The number of esters is 1. The molecule has 0 saturated heterocycles. The van der Waals surface area contributed by atoms with Crippen LogP contribution in [0.25, 0.3) is 0 Å². The van der Waals surface area contributed by atoms with Crippen molar-refractivity contribution in [3.63, 3.8) is 0 Å². The maximum Gasteiger partial charge on any atom is 0.307 e. The van der Waals surface area contributed by atoms with Crippen molar-refractivity contribution in [3.05, 3.63) is 0 Å². The van der Waals surface area contributed by atoms with Crippen molar-refractivity contribution < 1.29 is 23.9 Å².